The van der Waals surface area contributed by atoms with Crippen molar-refractivity contribution in [3.8, 4) is 0 Å². The van der Waals surface area contributed by atoms with Gasteiger partial charge in [-0.25, -0.2) is 0 Å². The van der Waals surface area contributed by atoms with Crippen LogP contribution in [0.2, 0.25) is 0 Å². The molecule has 1 aliphatic rings. The Hall–Kier alpha value is -1.58. The SMILES string of the molecule is CCCNc1cc(C)ncc1C(=O)NCC1CCC(C)C1. The Morgan fingerprint density at radius 2 is 2.24 bits per heavy atom. The molecule has 1 fully saturated rings. The second-order valence-corrected chi connectivity index (χ2v) is 6.29. The fraction of sp³-hybridized carbons (Fsp3) is 0.647. The van der Waals surface area contributed by atoms with Gasteiger partial charge in [0, 0.05) is 25.0 Å². The topological polar surface area (TPSA) is 54.0 Å². The van der Waals surface area contributed by atoms with Crippen LogP contribution < -0.4 is 10.6 Å². The van der Waals surface area contributed by atoms with Crippen LogP contribution in [0.25, 0.3) is 0 Å². The van der Waals surface area contributed by atoms with Gasteiger partial charge in [-0.2, -0.15) is 0 Å². The summed E-state index contributed by atoms with van der Waals surface area (Å²) in [6.07, 6.45) is 6.46. The van der Waals surface area contributed by atoms with Crippen LogP contribution in [0.15, 0.2) is 12.3 Å². The molecule has 1 amide bonds. The number of amides is 1. The summed E-state index contributed by atoms with van der Waals surface area (Å²) in [5.74, 6) is 1.42. The lowest BCUT2D eigenvalue weighted by atomic mass is 10.1. The molecule has 1 aromatic rings. The number of nitrogens with one attached hydrogen (secondary N) is 2. The number of carbonyl (C=O) groups excluding carboxylic acids is 1. The molecule has 1 saturated carbocycles. The maximum absolute atomic E-state index is 12.4. The van der Waals surface area contributed by atoms with Gasteiger partial charge in [-0.3, -0.25) is 9.78 Å². The number of pyridine rings is 1. The third-order valence-electron chi connectivity index (χ3n) is 4.21. The maximum Gasteiger partial charge on any atom is 0.254 e. The van der Waals surface area contributed by atoms with Crippen molar-refractivity contribution in [1.82, 2.24) is 10.3 Å². The third-order valence-corrected chi connectivity index (χ3v) is 4.21. The first-order chi connectivity index (χ1) is 10.1. The molecular formula is C17H27N3O. The summed E-state index contributed by atoms with van der Waals surface area (Å²) in [6.45, 7) is 7.99. The zero-order valence-electron chi connectivity index (χ0n) is 13.4. The number of anilines is 1. The first kappa shape index (κ1) is 15.8. The number of carbonyl (C=O) groups is 1. The zero-order chi connectivity index (χ0) is 15.2. The van der Waals surface area contributed by atoms with Gasteiger partial charge < -0.3 is 10.6 Å². The van der Waals surface area contributed by atoms with Crippen molar-refractivity contribution >= 4 is 11.6 Å². The molecule has 2 N–H and O–H groups in total. The highest BCUT2D eigenvalue weighted by Crippen LogP contribution is 2.29. The summed E-state index contributed by atoms with van der Waals surface area (Å²) in [5, 5.41) is 6.40. The summed E-state index contributed by atoms with van der Waals surface area (Å²) in [6, 6.07) is 1.95. The highest BCUT2D eigenvalue weighted by molar-refractivity contribution is 5.99. The highest BCUT2D eigenvalue weighted by atomic mass is 16.1. The predicted molar refractivity (Wildman–Crippen MR) is 86.6 cm³/mol. The molecule has 4 nitrogen and oxygen atoms in total. The average molecular weight is 289 g/mol. The van der Waals surface area contributed by atoms with E-state index in [1.165, 1.54) is 19.3 Å². The van der Waals surface area contributed by atoms with Gasteiger partial charge in [-0.05, 0) is 44.1 Å². The van der Waals surface area contributed by atoms with Crippen molar-refractivity contribution in [3.05, 3.63) is 23.5 Å². The average Bonchev–Trinajstić information content (AvgIpc) is 2.88. The number of aromatic nitrogens is 1. The van der Waals surface area contributed by atoms with Crippen molar-refractivity contribution in [2.24, 2.45) is 11.8 Å². The van der Waals surface area contributed by atoms with Crippen LogP contribution in [0.5, 0.6) is 0 Å². The van der Waals surface area contributed by atoms with Gasteiger partial charge in [0.1, 0.15) is 0 Å². The number of nitrogens with zero attached hydrogens (tertiary/aromatic N) is 1. The van der Waals surface area contributed by atoms with Crippen LogP contribution in [0.4, 0.5) is 5.69 Å². The number of aryl methyl sites for hydroxylation is 1. The van der Waals surface area contributed by atoms with Crippen molar-refractivity contribution in [2.45, 2.75) is 46.5 Å². The molecule has 2 rings (SSSR count). The van der Waals surface area contributed by atoms with Gasteiger partial charge in [-0.15, -0.1) is 0 Å². The van der Waals surface area contributed by atoms with Crippen LogP contribution in [-0.2, 0) is 0 Å². The second kappa shape index (κ2) is 7.43. The molecule has 0 saturated heterocycles. The van der Waals surface area contributed by atoms with Crippen molar-refractivity contribution < 1.29 is 4.79 Å². The van der Waals surface area contributed by atoms with E-state index in [4.69, 9.17) is 0 Å². The molecular weight excluding hydrogens is 262 g/mol. The van der Waals surface area contributed by atoms with Crippen molar-refractivity contribution in [2.75, 3.05) is 18.4 Å². The van der Waals surface area contributed by atoms with Gasteiger partial charge >= 0.3 is 0 Å². The van der Waals surface area contributed by atoms with Crippen molar-refractivity contribution in [3.63, 3.8) is 0 Å². The molecule has 0 aromatic carbocycles. The van der Waals surface area contributed by atoms with Crippen LogP contribution in [-0.4, -0.2) is 24.0 Å². The van der Waals surface area contributed by atoms with E-state index in [0.717, 1.165) is 36.8 Å². The molecule has 21 heavy (non-hydrogen) atoms. The van der Waals surface area contributed by atoms with Gasteiger partial charge in [0.15, 0.2) is 0 Å². The summed E-state index contributed by atoms with van der Waals surface area (Å²) in [7, 11) is 0. The van der Waals surface area contributed by atoms with E-state index < -0.39 is 0 Å². The molecule has 0 radical (unpaired) electrons. The molecule has 4 heteroatoms. The summed E-state index contributed by atoms with van der Waals surface area (Å²) in [4.78, 5) is 16.6. The minimum absolute atomic E-state index is 0.0133. The van der Waals surface area contributed by atoms with E-state index >= 15 is 0 Å². The summed E-state index contributed by atoms with van der Waals surface area (Å²) in [5.41, 5.74) is 2.47. The standard InChI is InChI=1S/C17H27N3O/c1-4-7-18-16-9-13(3)19-11-15(16)17(21)20-10-14-6-5-12(2)8-14/h9,11-12,14H,4-8,10H2,1-3H3,(H,18,19)(H,20,21). The molecule has 2 atom stereocenters. The predicted octanol–water partition coefficient (Wildman–Crippen LogP) is 3.38. The lowest BCUT2D eigenvalue weighted by Gasteiger charge is -2.14. The van der Waals surface area contributed by atoms with Gasteiger partial charge in [0.25, 0.3) is 5.91 Å². The zero-order valence-corrected chi connectivity index (χ0v) is 13.4. The minimum atomic E-state index is -0.0133. The van der Waals surface area contributed by atoms with Crippen LogP contribution in [0.3, 0.4) is 0 Å². The van der Waals surface area contributed by atoms with E-state index in [1.807, 2.05) is 13.0 Å². The Morgan fingerprint density at radius 3 is 2.90 bits per heavy atom. The van der Waals surface area contributed by atoms with E-state index in [-0.39, 0.29) is 5.91 Å². The Balaban J connectivity index is 1.97. The largest absolute Gasteiger partial charge is 0.384 e. The van der Waals surface area contributed by atoms with Crippen LogP contribution >= 0.6 is 0 Å². The third kappa shape index (κ3) is 4.45. The first-order valence-electron chi connectivity index (χ1n) is 8.08. The normalized spacial score (nSPS) is 21.3. The number of hydrogen-bond donors (Lipinski definition) is 2. The molecule has 1 heterocycles. The van der Waals surface area contributed by atoms with Gasteiger partial charge in [0.2, 0.25) is 0 Å². The number of hydrogen-bond acceptors (Lipinski definition) is 3. The minimum Gasteiger partial charge on any atom is -0.384 e. The van der Waals surface area contributed by atoms with E-state index in [9.17, 15) is 4.79 Å². The van der Waals surface area contributed by atoms with Crippen molar-refractivity contribution in [1.29, 1.82) is 0 Å². The van der Waals surface area contributed by atoms with E-state index in [1.54, 1.807) is 6.20 Å². The Kier molecular flexibility index (Phi) is 5.59. The highest BCUT2D eigenvalue weighted by Gasteiger charge is 2.22. The quantitative estimate of drug-likeness (QED) is 0.844. The molecule has 0 bridgehead atoms. The van der Waals surface area contributed by atoms with E-state index in [2.05, 4.69) is 29.5 Å². The van der Waals surface area contributed by atoms with Crippen LogP contribution in [0.1, 0.15) is 55.6 Å². The molecule has 0 aliphatic heterocycles. The molecule has 2 unspecified atom stereocenters. The van der Waals surface area contributed by atoms with Crippen LogP contribution in [0, 0.1) is 18.8 Å². The molecule has 116 valence electrons. The summed E-state index contributed by atoms with van der Waals surface area (Å²) < 4.78 is 0. The Morgan fingerprint density at radius 1 is 1.43 bits per heavy atom. The number of rotatable bonds is 6. The maximum atomic E-state index is 12.4. The van der Waals surface area contributed by atoms with Gasteiger partial charge in [-0.1, -0.05) is 20.3 Å². The first-order valence-corrected chi connectivity index (χ1v) is 8.08. The van der Waals surface area contributed by atoms with E-state index in [0.29, 0.717) is 11.5 Å². The molecule has 1 aromatic heterocycles. The lowest BCUT2D eigenvalue weighted by molar-refractivity contribution is 0.0947. The molecule has 1 aliphatic carbocycles. The fourth-order valence-electron chi connectivity index (χ4n) is 2.99. The lowest BCUT2D eigenvalue weighted by Crippen LogP contribution is -2.29. The molecule has 0 spiro atoms. The second-order valence-electron chi connectivity index (χ2n) is 6.29. The smallest absolute Gasteiger partial charge is 0.254 e. The Labute approximate surface area is 127 Å². The monoisotopic (exact) mass is 289 g/mol. The Bertz CT molecular complexity index is 487. The van der Waals surface area contributed by atoms with Gasteiger partial charge in [0.05, 0.1) is 11.3 Å². The summed E-state index contributed by atoms with van der Waals surface area (Å²) >= 11 is 0. The fourth-order valence-corrected chi connectivity index (χ4v) is 2.99.